The van der Waals surface area contributed by atoms with Crippen molar-refractivity contribution in [3.63, 3.8) is 0 Å². The van der Waals surface area contributed by atoms with Gasteiger partial charge in [0.1, 0.15) is 0 Å². The molecule has 0 radical (unpaired) electrons. The van der Waals surface area contributed by atoms with E-state index in [4.69, 9.17) is 0 Å². The highest BCUT2D eigenvalue weighted by atomic mass is 16.2. The summed E-state index contributed by atoms with van der Waals surface area (Å²) in [7, 11) is 2.00. The minimum atomic E-state index is 0.334. The van der Waals surface area contributed by atoms with Gasteiger partial charge < -0.3 is 10.2 Å². The fraction of sp³-hybridized carbons (Fsp3) is 0.933. The van der Waals surface area contributed by atoms with Gasteiger partial charge in [-0.2, -0.15) is 0 Å². The molecule has 2 fully saturated rings. The van der Waals surface area contributed by atoms with Gasteiger partial charge in [0.15, 0.2) is 0 Å². The maximum absolute atomic E-state index is 12.5. The molecule has 1 amide bonds. The lowest BCUT2D eigenvalue weighted by atomic mass is 9.80. The van der Waals surface area contributed by atoms with Gasteiger partial charge in [-0.25, -0.2) is 0 Å². The normalized spacial score (nSPS) is 32.8. The molecule has 1 saturated carbocycles. The van der Waals surface area contributed by atoms with E-state index in [9.17, 15) is 4.79 Å². The molecule has 0 spiro atoms. The minimum absolute atomic E-state index is 0.334. The molecule has 18 heavy (non-hydrogen) atoms. The molecule has 3 heteroatoms. The quantitative estimate of drug-likeness (QED) is 0.832. The molecular formula is C15H28N2O. The van der Waals surface area contributed by atoms with E-state index < -0.39 is 0 Å². The Morgan fingerprint density at radius 3 is 2.50 bits per heavy atom. The van der Waals surface area contributed by atoms with Gasteiger partial charge in [-0.1, -0.05) is 13.3 Å². The van der Waals surface area contributed by atoms with Gasteiger partial charge in [-0.05, 0) is 57.5 Å². The Kier molecular flexibility index (Phi) is 5.04. The number of nitrogens with zero attached hydrogens (tertiary/aromatic N) is 1. The molecule has 104 valence electrons. The maximum atomic E-state index is 12.5. The largest absolute Gasteiger partial charge is 0.342 e. The van der Waals surface area contributed by atoms with E-state index in [2.05, 4.69) is 17.1 Å². The number of likely N-dealkylation sites (tertiary alicyclic amines) is 1. The summed E-state index contributed by atoms with van der Waals surface area (Å²) >= 11 is 0. The molecule has 0 aromatic rings. The number of hydrogen-bond acceptors (Lipinski definition) is 2. The van der Waals surface area contributed by atoms with Gasteiger partial charge in [0, 0.05) is 19.0 Å². The van der Waals surface area contributed by atoms with Crippen molar-refractivity contribution in [2.75, 3.05) is 26.7 Å². The summed E-state index contributed by atoms with van der Waals surface area (Å²) in [5, 5.41) is 3.22. The van der Waals surface area contributed by atoms with Crippen LogP contribution in [0.3, 0.4) is 0 Å². The first kappa shape index (κ1) is 13.9. The van der Waals surface area contributed by atoms with Crippen LogP contribution in [0.1, 0.15) is 45.4 Å². The highest BCUT2D eigenvalue weighted by Gasteiger charge is 2.32. The van der Waals surface area contributed by atoms with E-state index in [1.165, 1.54) is 25.7 Å². The maximum Gasteiger partial charge on any atom is 0.225 e. The molecule has 2 aliphatic rings. The van der Waals surface area contributed by atoms with Gasteiger partial charge in [-0.3, -0.25) is 4.79 Å². The molecule has 1 saturated heterocycles. The van der Waals surface area contributed by atoms with Gasteiger partial charge >= 0.3 is 0 Å². The summed E-state index contributed by atoms with van der Waals surface area (Å²) in [5.41, 5.74) is 0. The molecule has 2 rings (SSSR count). The Hall–Kier alpha value is -0.570. The molecule has 1 aliphatic heterocycles. The summed E-state index contributed by atoms with van der Waals surface area (Å²) in [6.45, 7) is 5.29. The van der Waals surface area contributed by atoms with Gasteiger partial charge in [0.05, 0.1) is 0 Å². The van der Waals surface area contributed by atoms with E-state index in [1.54, 1.807) is 0 Å². The summed E-state index contributed by atoms with van der Waals surface area (Å²) < 4.78 is 0. The Morgan fingerprint density at radius 1 is 1.17 bits per heavy atom. The van der Waals surface area contributed by atoms with E-state index in [0.29, 0.717) is 17.7 Å². The molecule has 0 bridgehead atoms. The summed E-state index contributed by atoms with van der Waals surface area (Å²) in [6.07, 6.45) is 7.25. The van der Waals surface area contributed by atoms with Crippen LogP contribution in [0.25, 0.3) is 0 Å². The lowest BCUT2D eigenvalue weighted by molar-refractivity contribution is -0.135. The first-order valence-corrected chi connectivity index (χ1v) is 7.68. The monoisotopic (exact) mass is 252 g/mol. The Morgan fingerprint density at radius 2 is 1.89 bits per heavy atom. The van der Waals surface area contributed by atoms with Crippen LogP contribution in [-0.2, 0) is 4.79 Å². The molecule has 3 nitrogen and oxygen atoms in total. The van der Waals surface area contributed by atoms with Crippen LogP contribution < -0.4 is 5.32 Å². The van der Waals surface area contributed by atoms with Crippen molar-refractivity contribution in [1.82, 2.24) is 10.2 Å². The fourth-order valence-electron chi connectivity index (χ4n) is 3.56. The van der Waals surface area contributed by atoms with Gasteiger partial charge in [0.25, 0.3) is 0 Å². The predicted octanol–water partition coefficient (Wildman–Crippen LogP) is 2.27. The van der Waals surface area contributed by atoms with Crippen LogP contribution in [0, 0.1) is 17.8 Å². The second-order valence-corrected chi connectivity index (χ2v) is 6.12. The highest BCUT2D eigenvalue weighted by molar-refractivity contribution is 5.79. The van der Waals surface area contributed by atoms with Gasteiger partial charge in [0.2, 0.25) is 5.91 Å². The smallest absolute Gasteiger partial charge is 0.225 e. The first-order chi connectivity index (χ1) is 8.74. The molecule has 1 unspecified atom stereocenters. The van der Waals surface area contributed by atoms with Crippen LogP contribution in [-0.4, -0.2) is 37.5 Å². The lowest BCUT2D eigenvalue weighted by Gasteiger charge is -2.30. The molecule has 1 aliphatic carbocycles. The van der Waals surface area contributed by atoms with Crippen molar-refractivity contribution in [2.24, 2.45) is 17.8 Å². The number of nitrogens with one attached hydrogen (secondary N) is 1. The molecule has 1 N–H and O–H groups in total. The lowest BCUT2D eigenvalue weighted by Crippen LogP contribution is -2.36. The number of hydrogen-bond donors (Lipinski definition) is 1. The van der Waals surface area contributed by atoms with E-state index in [0.717, 1.165) is 38.4 Å². The molecule has 1 atom stereocenters. The standard InChI is InChI=1S/C15H28N2O/c1-3-12-4-6-14(7-5-12)15(18)17-9-8-13(11-17)10-16-2/h12-14,16H,3-11H2,1-2H3. The number of amides is 1. The van der Waals surface area contributed by atoms with Crippen LogP contribution in [0.5, 0.6) is 0 Å². The predicted molar refractivity (Wildman–Crippen MR) is 74.4 cm³/mol. The number of carbonyl (C=O) groups excluding carboxylic acids is 1. The highest BCUT2D eigenvalue weighted by Crippen LogP contribution is 2.32. The number of carbonyl (C=O) groups is 1. The van der Waals surface area contributed by atoms with Crippen molar-refractivity contribution < 1.29 is 4.79 Å². The first-order valence-electron chi connectivity index (χ1n) is 7.68. The van der Waals surface area contributed by atoms with Crippen molar-refractivity contribution >= 4 is 5.91 Å². The minimum Gasteiger partial charge on any atom is -0.342 e. The third-order valence-electron chi connectivity index (χ3n) is 4.86. The van der Waals surface area contributed by atoms with Crippen molar-refractivity contribution in [3.8, 4) is 0 Å². The second kappa shape index (κ2) is 6.55. The van der Waals surface area contributed by atoms with Crippen molar-refractivity contribution in [2.45, 2.75) is 45.4 Å². The second-order valence-electron chi connectivity index (χ2n) is 6.12. The SMILES string of the molecule is CCC1CCC(C(=O)N2CCC(CNC)C2)CC1. The summed E-state index contributed by atoms with van der Waals surface area (Å²) in [6, 6.07) is 0. The zero-order chi connectivity index (χ0) is 13.0. The van der Waals surface area contributed by atoms with E-state index >= 15 is 0 Å². The van der Waals surface area contributed by atoms with Crippen LogP contribution in [0.2, 0.25) is 0 Å². The number of rotatable bonds is 4. The van der Waals surface area contributed by atoms with Gasteiger partial charge in [-0.15, -0.1) is 0 Å². The Balaban J connectivity index is 1.78. The van der Waals surface area contributed by atoms with Crippen molar-refractivity contribution in [1.29, 1.82) is 0 Å². The third kappa shape index (κ3) is 3.25. The summed E-state index contributed by atoms with van der Waals surface area (Å²) in [5.74, 6) is 2.33. The van der Waals surface area contributed by atoms with Crippen LogP contribution in [0.4, 0.5) is 0 Å². The Labute approximate surface area is 111 Å². The zero-order valence-electron chi connectivity index (χ0n) is 12.0. The molecular weight excluding hydrogens is 224 g/mol. The zero-order valence-corrected chi connectivity index (χ0v) is 12.0. The van der Waals surface area contributed by atoms with E-state index in [-0.39, 0.29) is 0 Å². The average molecular weight is 252 g/mol. The topological polar surface area (TPSA) is 32.3 Å². The van der Waals surface area contributed by atoms with Crippen LogP contribution in [0.15, 0.2) is 0 Å². The molecule has 0 aromatic carbocycles. The molecule has 0 aromatic heterocycles. The molecule has 1 heterocycles. The van der Waals surface area contributed by atoms with E-state index in [1.807, 2.05) is 7.05 Å². The van der Waals surface area contributed by atoms with Crippen molar-refractivity contribution in [3.05, 3.63) is 0 Å². The summed E-state index contributed by atoms with van der Waals surface area (Å²) in [4.78, 5) is 14.6. The third-order valence-corrected chi connectivity index (χ3v) is 4.86. The Bertz CT molecular complexity index is 268. The fourth-order valence-corrected chi connectivity index (χ4v) is 3.56. The average Bonchev–Trinajstić information content (AvgIpc) is 2.87. The van der Waals surface area contributed by atoms with Crippen LogP contribution >= 0.6 is 0 Å².